The normalized spacial score (nSPS) is 13.3. The third-order valence-electron chi connectivity index (χ3n) is 17.7. The number of allylic oxidation sites excluding steroid dienone is 20. The number of carboxylic acid groups (broad SMARTS) is 1. The van der Waals surface area contributed by atoms with Crippen LogP contribution in [0.4, 0.5) is 0 Å². The molecular weight excluding hydrogens is 1200 g/mol. The maximum absolute atomic E-state index is 13.0. The molecule has 9 heteroatoms. The van der Waals surface area contributed by atoms with Crippen LogP contribution in [0.25, 0.3) is 0 Å². The van der Waals surface area contributed by atoms with Crippen LogP contribution >= 0.6 is 0 Å². The van der Waals surface area contributed by atoms with Crippen molar-refractivity contribution in [2.45, 2.75) is 373 Å². The molecule has 0 heterocycles. The van der Waals surface area contributed by atoms with E-state index in [4.69, 9.17) is 18.9 Å². The smallest absolute Gasteiger partial charge is 0.361 e. The highest BCUT2D eigenvalue weighted by atomic mass is 16.7. The summed E-state index contributed by atoms with van der Waals surface area (Å²) in [5.41, 5.74) is 0. The Labute approximate surface area is 599 Å². The predicted octanol–water partition coefficient (Wildman–Crippen LogP) is 26.3. The molecule has 558 valence electrons. The molecule has 0 aliphatic heterocycles. The van der Waals surface area contributed by atoms with E-state index >= 15 is 0 Å². The Hall–Kier alpha value is -4.31. The highest BCUT2D eigenvalue weighted by Crippen LogP contribution is 2.19. The molecule has 0 aromatic heterocycles. The molecule has 0 rings (SSSR count). The maximum atomic E-state index is 13.0. The molecular formula is C88H154NO8+. The van der Waals surface area contributed by atoms with Crippen molar-refractivity contribution in [2.24, 2.45) is 0 Å². The molecule has 0 amide bonds. The van der Waals surface area contributed by atoms with Gasteiger partial charge in [0.2, 0.25) is 0 Å². The van der Waals surface area contributed by atoms with E-state index < -0.39 is 24.3 Å². The summed E-state index contributed by atoms with van der Waals surface area (Å²) in [7, 11) is 5.98. The Morgan fingerprint density at radius 2 is 0.588 bits per heavy atom. The molecule has 0 fully saturated rings. The molecule has 2 unspecified atom stereocenters. The summed E-state index contributed by atoms with van der Waals surface area (Å²) in [6, 6.07) is 0. The summed E-state index contributed by atoms with van der Waals surface area (Å²) in [5, 5.41) is 9.78. The number of hydrogen-bond acceptors (Lipinski definition) is 7. The fourth-order valence-electron chi connectivity index (χ4n) is 11.5. The van der Waals surface area contributed by atoms with E-state index in [1.165, 1.54) is 225 Å². The molecule has 2 atom stereocenters. The van der Waals surface area contributed by atoms with Gasteiger partial charge < -0.3 is 28.5 Å². The fourth-order valence-corrected chi connectivity index (χ4v) is 11.5. The quantitative estimate of drug-likeness (QED) is 0.0211. The number of ether oxygens (including phenoxy) is 4. The molecule has 0 aromatic carbocycles. The van der Waals surface area contributed by atoms with E-state index in [9.17, 15) is 19.5 Å². The largest absolute Gasteiger partial charge is 0.477 e. The van der Waals surface area contributed by atoms with Crippen molar-refractivity contribution in [1.29, 1.82) is 0 Å². The van der Waals surface area contributed by atoms with Crippen LogP contribution in [0.15, 0.2) is 122 Å². The molecule has 0 saturated carbocycles. The van der Waals surface area contributed by atoms with E-state index in [-0.39, 0.29) is 32.2 Å². The van der Waals surface area contributed by atoms with E-state index in [2.05, 4.69) is 135 Å². The first-order chi connectivity index (χ1) is 47.6. The van der Waals surface area contributed by atoms with E-state index in [1.54, 1.807) is 0 Å². The Morgan fingerprint density at radius 1 is 0.320 bits per heavy atom. The lowest BCUT2D eigenvalue weighted by molar-refractivity contribution is -0.870. The van der Waals surface area contributed by atoms with Crippen molar-refractivity contribution in [3.8, 4) is 0 Å². The second-order valence-electron chi connectivity index (χ2n) is 28.3. The average Bonchev–Trinajstić information content (AvgIpc) is 3.74. The first-order valence-electron chi connectivity index (χ1n) is 40.7. The van der Waals surface area contributed by atoms with Gasteiger partial charge >= 0.3 is 17.9 Å². The standard InChI is InChI=1S/C88H153NO8/c1-6-8-10-12-14-16-18-20-22-24-26-28-30-32-34-36-38-40-42-43-45-46-48-50-52-54-56-58-60-62-64-66-68-70-72-74-76-78-85(90)95-82-84(83-96-88(87(92)93)94-81-80-89(3,4)5)97-86(91)79-77-75-73-71-69-67-65-63-61-59-57-55-53-51-49-47-44-41-39-37-35-33-31-29-27-25-23-21-19-17-15-13-11-9-7-2/h9,11,15,17-18,20-21,23-24,26-27,29,33,35,39,41,47,49,53,55,84,88H,6-8,10,12-14,16,19,22,25,28,30-32,34,36-38,40,42-46,48,50-52,54,56-83H2,1-5H3/p+1/b11-9-,17-15-,20-18-,23-21-,26-24-,29-27-,35-33-,41-39-,49-47-,55-53-. The minimum atomic E-state index is -1.52. The van der Waals surface area contributed by atoms with Gasteiger partial charge in [-0.2, -0.15) is 0 Å². The summed E-state index contributed by atoms with van der Waals surface area (Å²) in [6.45, 7) is 4.78. The van der Waals surface area contributed by atoms with Crippen LogP contribution in [0.3, 0.4) is 0 Å². The van der Waals surface area contributed by atoms with Gasteiger partial charge in [-0.3, -0.25) is 9.59 Å². The van der Waals surface area contributed by atoms with E-state index in [0.29, 0.717) is 23.9 Å². The highest BCUT2D eigenvalue weighted by molar-refractivity contribution is 5.71. The number of esters is 2. The van der Waals surface area contributed by atoms with Crippen LogP contribution in [0.2, 0.25) is 0 Å². The summed E-state index contributed by atoms with van der Waals surface area (Å²) in [6.07, 6.45) is 108. The Morgan fingerprint density at radius 3 is 0.876 bits per heavy atom. The topological polar surface area (TPSA) is 108 Å². The summed E-state index contributed by atoms with van der Waals surface area (Å²) >= 11 is 0. The number of unbranched alkanes of at least 4 members (excludes halogenated alkanes) is 40. The highest BCUT2D eigenvalue weighted by Gasteiger charge is 2.25. The van der Waals surface area contributed by atoms with Crippen molar-refractivity contribution < 1.29 is 42.9 Å². The summed E-state index contributed by atoms with van der Waals surface area (Å²) in [4.78, 5) is 37.8. The van der Waals surface area contributed by atoms with Gasteiger partial charge in [0.05, 0.1) is 34.4 Å². The van der Waals surface area contributed by atoms with Gasteiger partial charge in [0.15, 0.2) is 6.10 Å². The Kier molecular flexibility index (Phi) is 74.0. The molecule has 0 saturated heterocycles. The lowest BCUT2D eigenvalue weighted by Gasteiger charge is -2.25. The van der Waals surface area contributed by atoms with Crippen molar-refractivity contribution in [3.05, 3.63) is 122 Å². The van der Waals surface area contributed by atoms with Crippen LogP contribution in [-0.4, -0.2) is 87.4 Å². The molecule has 9 nitrogen and oxygen atoms in total. The summed E-state index contributed by atoms with van der Waals surface area (Å²) in [5.74, 6) is -2.00. The van der Waals surface area contributed by atoms with Gasteiger partial charge in [0.1, 0.15) is 13.2 Å². The van der Waals surface area contributed by atoms with Gasteiger partial charge in [-0.25, -0.2) is 4.79 Å². The molecule has 97 heavy (non-hydrogen) atoms. The second kappa shape index (κ2) is 77.4. The molecule has 1 N–H and O–H groups in total. The molecule has 0 radical (unpaired) electrons. The first kappa shape index (κ1) is 92.7. The molecule has 0 bridgehead atoms. The monoisotopic (exact) mass is 1350 g/mol. The van der Waals surface area contributed by atoms with Crippen molar-refractivity contribution in [3.63, 3.8) is 0 Å². The zero-order chi connectivity index (χ0) is 70.4. The van der Waals surface area contributed by atoms with E-state index in [0.717, 1.165) is 103 Å². The maximum Gasteiger partial charge on any atom is 0.361 e. The third-order valence-corrected chi connectivity index (χ3v) is 17.7. The number of nitrogens with zero attached hydrogens (tertiary/aromatic N) is 1. The van der Waals surface area contributed by atoms with Crippen molar-refractivity contribution in [2.75, 3.05) is 47.5 Å². The predicted molar refractivity (Wildman–Crippen MR) is 419 cm³/mol. The molecule has 0 aliphatic carbocycles. The summed E-state index contributed by atoms with van der Waals surface area (Å²) < 4.78 is 23.0. The number of carboxylic acids is 1. The third kappa shape index (κ3) is 78.9. The zero-order valence-electron chi connectivity index (χ0n) is 64.0. The van der Waals surface area contributed by atoms with Gasteiger partial charge in [-0.1, -0.05) is 360 Å². The number of likely N-dealkylation sites (N-methyl/N-ethyl adjacent to an activating group) is 1. The SMILES string of the molecule is CC/C=C\C/C=C\C/C=C\C/C=C\C/C=C\C/C=C\C/C=C\C/C=C\CCCCCCCCCCCCC(=O)OC(COC(=O)CCCCCCCCCCCCCCCCCCCCCCCCCCC/C=C\C/C=C\CCCCCCC)COC(OCC[N+](C)(C)C)C(=O)O. The number of hydrogen-bond donors (Lipinski definition) is 1. The van der Waals surface area contributed by atoms with Crippen LogP contribution in [0, 0.1) is 0 Å². The molecule has 0 aromatic rings. The number of aliphatic carboxylic acids is 1. The van der Waals surface area contributed by atoms with Crippen LogP contribution < -0.4 is 0 Å². The second-order valence-corrected chi connectivity index (χ2v) is 28.3. The Bertz CT molecular complexity index is 2020. The van der Waals surface area contributed by atoms with Crippen LogP contribution in [0.1, 0.15) is 361 Å². The first-order valence-corrected chi connectivity index (χ1v) is 40.7. The fraction of sp³-hybridized carbons (Fsp3) is 0.739. The number of rotatable bonds is 75. The van der Waals surface area contributed by atoms with Gasteiger partial charge in [0.25, 0.3) is 6.29 Å². The van der Waals surface area contributed by atoms with Crippen LogP contribution in [-0.2, 0) is 33.3 Å². The van der Waals surface area contributed by atoms with Crippen molar-refractivity contribution in [1.82, 2.24) is 0 Å². The minimum Gasteiger partial charge on any atom is -0.477 e. The number of quaternary nitrogens is 1. The van der Waals surface area contributed by atoms with Gasteiger partial charge in [-0.05, 0) is 109 Å². The number of carbonyl (C=O) groups excluding carboxylic acids is 2. The lowest BCUT2D eigenvalue weighted by atomic mass is 10.0. The van der Waals surface area contributed by atoms with Crippen molar-refractivity contribution >= 4 is 17.9 Å². The number of carbonyl (C=O) groups is 3. The average molecular weight is 1350 g/mol. The molecule has 0 spiro atoms. The minimum absolute atomic E-state index is 0.183. The van der Waals surface area contributed by atoms with Gasteiger partial charge in [-0.15, -0.1) is 0 Å². The lowest BCUT2D eigenvalue weighted by Crippen LogP contribution is -2.40. The van der Waals surface area contributed by atoms with Gasteiger partial charge in [0, 0.05) is 12.8 Å². The Balaban J connectivity index is 4.04. The van der Waals surface area contributed by atoms with E-state index in [1.807, 2.05) is 21.1 Å². The molecule has 0 aliphatic rings. The van der Waals surface area contributed by atoms with Crippen LogP contribution in [0.5, 0.6) is 0 Å². The zero-order valence-corrected chi connectivity index (χ0v) is 64.0.